The average molecular weight is 257 g/mol. The molecule has 0 amide bonds. The molecule has 98 valence electrons. The summed E-state index contributed by atoms with van der Waals surface area (Å²) in [5.41, 5.74) is 1.98. The van der Waals surface area contributed by atoms with E-state index in [1.165, 1.54) is 0 Å². The predicted molar refractivity (Wildman–Crippen MR) is 72.8 cm³/mol. The highest BCUT2D eigenvalue weighted by molar-refractivity contribution is 5.70. The largest absolute Gasteiger partial charge is 0.481 e. The topological polar surface area (TPSA) is 75.1 Å². The standard InChI is InChI=1S/C14H15N3O2/c1-10(13(18)19)7-15-14-16-8-12(9-17-14)11-5-3-2-4-6-11/h2-6,8-10H,7H2,1H3,(H,18,19)(H,15,16,17). The lowest BCUT2D eigenvalue weighted by Gasteiger charge is -2.08. The lowest BCUT2D eigenvalue weighted by Crippen LogP contribution is -2.20. The maximum atomic E-state index is 10.7. The van der Waals surface area contributed by atoms with Crippen molar-refractivity contribution < 1.29 is 9.90 Å². The number of carbonyl (C=O) groups is 1. The number of carboxylic acid groups (broad SMARTS) is 1. The highest BCUT2D eigenvalue weighted by Crippen LogP contribution is 2.17. The van der Waals surface area contributed by atoms with Crippen LogP contribution in [-0.4, -0.2) is 27.6 Å². The van der Waals surface area contributed by atoms with Gasteiger partial charge in [0.05, 0.1) is 5.92 Å². The third kappa shape index (κ3) is 3.51. The van der Waals surface area contributed by atoms with Crippen LogP contribution in [0.15, 0.2) is 42.7 Å². The maximum absolute atomic E-state index is 10.7. The quantitative estimate of drug-likeness (QED) is 0.859. The molecule has 0 saturated carbocycles. The first-order valence-electron chi connectivity index (χ1n) is 6.01. The molecule has 1 unspecified atom stereocenters. The summed E-state index contributed by atoms with van der Waals surface area (Å²) in [7, 11) is 0. The number of aromatic nitrogens is 2. The molecule has 0 fully saturated rings. The average Bonchev–Trinajstić information content (AvgIpc) is 2.46. The Hall–Kier alpha value is -2.43. The Bertz CT molecular complexity index is 540. The van der Waals surface area contributed by atoms with Crippen molar-refractivity contribution in [1.82, 2.24) is 9.97 Å². The molecule has 0 aliphatic rings. The van der Waals surface area contributed by atoms with E-state index in [1.807, 2.05) is 30.3 Å². The fourth-order valence-electron chi connectivity index (χ4n) is 1.53. The van der Waals surface area contributed by atoms with E-state index in [1.54, 1.807) is 19.3 Å². The molecule has 2 rings (SSSR count). The van der Waals surface area contributed by atoms with Crippen molar-refractivity contribution in [2.45, 2.75) is 6.92 Å². The van der Waals surface area contributed by atoms with Crippen molar-refractivity contribution in [2.75, 3.05) is 11.9 Å². The minimum absolute atomic E-state index is 0.306. The minimum atomic E-state index is -0.839. The molecule has 2 N–H and O–H groups in total. The minimum Gasteiger partial charge on any atom is -0.481 e. The lowest BCUT2D eigenvalue weighted by molar-refractivity contribution is -0.140. The van der Waals surface area contributed by atoms with Crippen molar-refractivity contribution in [1.29, 1.82) is 0 Å². The molecular formula is C14H15N3O2. The molecule has 0 aliphatic heterocycles. The van der Waals surface area contributed by atoms with E-state index in [0.717, 1.165) is 11.1 Å². The van der Waals surface area contributed by atoms with Gasteiger partial charge in [-0.15, -0.1) is 0 Å². The van der Waals surface area contributed by atoms with Gasteiger partial charge in [0.1, 0.15) is 0 Å². The zero-order chi connectivity index (χ0) is 13.7. The summed E-state index contributed by atoms with van der Waals surface area (Å²) in [6.07, 6.45) is 3.44. The van der Waals surface area contributed by atoms with Crippen molar-refractivity contribution >= 4 is 11.9 Å². The second-order valence-electron chi connectivity index (χ2n) is 4.28. The monoisotopic (exact) mass is 257 g/mol. The molecule has 1 atom stereocenters. The number of rotatable bonds is 5. The summed E-state index contributed by atoms with van der Waals surface area (Å²) in [5, 5.41) is 11.7. The molecule has 0 aliphatic carbocycles. The number of hydrogen-bond donors (Lipinski definition) is 2. The fourth-order valence-corrected chi connectivity index (χ4v) is 1.53. The molecular weight excluding hydrogens is 242 g/mol. The third-order valence-electron chi connectivity index (χ3n) is 2.75. The summed E-state index contributed by atoms with van der Waals surface area (Å²) in [4.78, 5) is 19.0. The Balaban J connectivity index is 2.01. The van der Waals surface area contributed by atoms with Crippen LogP contribution in [0, 0.1) is 5.92 Å². The molecule has 2 aromatic rings. The maximum Gasteiger partial charge on any atom is 0.308 e. The van der Waals surface area contributed by atoms with Gasteiger partial charge in [0.15, 0.2) is 0 Å². The number of aliphatic carboxylic acids is 1. The number of hydrogen-bond acceptors (Lipinski definition) is 4. The molecule has 19 heavy (non-hydrogen) atoms. The zero-order valence-electron chi connectivity index (χ0n) is 10.6. The van der Waals surface area contributed by atoms with E-state index in [-0.39, 0.29) is 0 Å². The van der Waals surface area contributed by atoms with Crippen molar-refractivity contribution in [3.05, 3.63) is 42.7 Å². The van der Waals surface area contributed by atoms with Gasteiger partial charge in [-0.05, 0) is 5.56 Å². The summed E-state index contributed by atoms with van der Waals surface area (Å²) in [5.74, 6) is -0.876. The van der Waals surface area contributed by atoms with Crippen molar-refractivity contribution in [3.63, 3.8) is 0 Å². The van der Waals surface area contributed by atoms with Gasteiger partial charge < -0.3 is 10.4 Å². The Morgan fingerprint density at radius 1 is 1.21 bits per heavy atom. The van der Waals surface area contributed by atoms with Gasteiger partial charge in [-0.2, -0.15) is 0 Å². The second kappa shape index (κ2) is 5.95. The van der Waals surface area contributed by atoms with Gasteiger partial charge in [0.2, 0.25) is 5.95 Å². The Kier molecular flexibility index (Phi) is 4.07. The molecule has 0 spiro atoms. The number of benzene rings is 1. The highest BCUT2D eigenvalue weighted by Gasteiger charge is 2.10. The summed E-state index contributed by atoms with van der Waals surface area (Å²) < 4.78 is 0. The lowest BCUT2D eigenvalue weighted by atomic mass is 10.1. The van der Waals surface area contributed by atoms with Gasteiger partial charge in [-0.25, -0.2) is 9.97 Å². The molecule has 0 bridgehead atoms. The molecule has 0 radical (unpaired) electrons. The molecule has 1 aromatic heterocycles. The smallest absolute Gasteiger partial charge is 0.308 e. The Labute approximate surface area is 111 Å². The van der Waals surface area contributed by atoms with Crippen LogP contribution in [0.25, 0.3) is 11.1 Å². The van der Waals surface area contributed by atoms with Gasteiger partial charge in [-0.3, -0.25) is 4.79 Å². The predicted octanol–water partition coefficient (Wildman–Crippen LogP) is 2.28. The van der Waals surface area contributed by atoms with Crippen LogP contribution < -0.4 is 5.32 Å². The van der Waals surface area contributed by atoms with E-state index in [4.69, 9.17) is 5.11 Å². The molecule has 0 saturated heterocycles. The Morgan fingerprint density at radius 2 is 1.84 bits per heavy atom. The molecule has 1 aromatic carbocycles. The number of nitrogens with one attached hydrogen (secondary N) is 1. The second-order valence-corrected chi connectivity index (χ2v) is 4.28. The van der Waals surface area contributed by atoms with Crippen LogP contribution in [0.5, 0.6) is 0 Å². The van der Waals surface area contributed by atoms with Gasteiger partial charge >= 0.3 is 5.97 Å². The number of nitrogens with zero attached hydrogens (tertiary/aromatic N) is 2. The highest BCUT2D eigenvalue weighted by atomic mass is 16.4. The zero-order valence-corrected chi connectivity index (χ0v) is 10.6. The van der Waals surface area contributed by atoms with Gasteiger partial charge in [0.25, 0.3) is 0 Å². The molecule has 1 heterocycles. The summed E-state index contributed by atoms with van der Waals surface area (Å²) in [6.45, 7) is 1.94. The normalized spacial score (nSPS) is 11.8. The Morgan fingerprint density at radius 3 is 2.42 bits per heavy atom. The van der Waals surface area contributed by atoms with Crippen LogP contribution in [0.2, 0.25) is 0 Å². The van der Waals surface area contributed by atoms with Crippen LogP contribution in [-0.2, 0) is 4.79 Å². The molecule has 5 heteroatoms. The fraction of sp³-hybridized carbons (Fsp3) is 0.214. The van der Waals surface area contributed by atoms with Gasteiger partial charge in [-0.1, -0.05) is 37.3 Å². The van der Waals surface area contributed by atoms with E-state index in [9.17, 15) is 4.79 Å². The van der Waals surface area contributed by atoms with E-state index in [2.05, 4.69) is 15.3 Å². The van der Waals surface area contributed by atoms with E-state index in [0.29, 0.717) is 12.5 Å². The third-order valence-corrected chi connectivity index (χ3v) is 2.75. The van der Waals surface area contributed by atoms with Crippen LogP contribution in [0.1, 0.15) is 6.92 Å². The summed E-state index contributed by atoms with van der Waals surface area (Å²) >= 11 is 0. The SMILES string of the molecule is CC(CNc1ncc(-c2ccccc2)cn1)C(=O)O. The van der Waals surface area contributed by atoms with Crippen molar-refractivity contribution in [2.24, 2.45) is 5.92 Å². The number of anilines is 1. The summed E-state index contributed by atoms with van der Waals surface area (Å²) in [6, 6.07) is 9.83. The number of carboxylic acids is 1. The van der Waals surface area contributed by atoms with Crippen molar-refractivity contribution in [3.8, 4) is 11.1 Å². The van der Waals surface area contributed by atoms with Crippen LogP contribution >= 0.6 is 0 Å². The van der Waals surface area contributed by atoms with Crippen LogP contribution in [0.4, 0.5) is 5.95 Å². The van der Waals surface area contributed by atoms with Crippen LogP contribution in [0.3, 0.4) is 0 Å². The van der Waals surface area contributed by atoms with E-state index < -0.39 is 11.9 Å². The first kappa shape index (κ1) is 13.0. The van der Waals surface area contributed by atoms with Gasteiger partial charge in [0, 0.05) is 24.5 Å². The molecule has 5 nitrogen and oxygen atoms in total. The first-order chi connectivity index (χ1) is 9.16. The first-order valence-corrected chi connectivity index (χ1v) is 6.01. The van der Waals surface area contributed by atoms with E-state index >= 15 is 0 Å².